The lowest BCUT2D eigenvalue weighted by atomic mass is 10.0. The van der Waals surface area contributed by atoms with Crippen LogP contribution in [0.2, 0.25) is 0 Å². The van der Waals surface area contributed by atoms with Crippen molar-refractivity contribution in [3.63, 3.8) is 0 Å². The minimum absolute atomic E-state index is 0.0346. The summed E-state index contributed by atoms with van der Waals surface area (Å²) in [6.07, 6.45) is 0. The summed E-state index contributed by atoms with van der Waals surface area (Å²) < 4.78 is 0. The number of hydrogen-bond acceptors (Lipinski definition) is 8. The number of aromatic nitrogens is 4. The van der Waals surface area contributed by atoms with E-state index in [0.717, 1.165) is 153 Å². The van der Waals surface area contributed by atoms with Crippen LogP contribution in [-0.4, -0.2) is 40.4 Å². The highest BCUT2D eigenvalue weighted by Crippen LogP contribution is 2.30. The van der Waals surface area contributed by atoms with Gasteiger partial charge in [0, 0.05) is 158 Å². The van der Waals surface area contributed by atoms with Gasteiger partial charge in [-0.2, -0.15) is 0 Å². The molecule has 8 aromatic carbocycles. The molecular weight excluding hydrogens is 1260 g/mol. The van der Waals surface area contributed by atoms with Crippen LogP contribution in [0.25, 0.3) is 22.3 Å². The van der Waals surface area contributed by atoms with Gasteiger partial charge < -0.3 is 19.9 Å². The van der Waals surface area contributed by atoms with Crippen molar-refractivity contribution in [2.24, 2.45) is 0 Å². The van der Waals surface area contributed by atoms with Gasteiger partial charge in [-0.25, -0.2) is 0 Å². The Morgan fingerprint density at radius 2 is 0.385 bits per heavy atom. The van der Waals surface area contributed by atoms with Crippen LogP contribution in [0.5, 0.6) is 0 Å². The molecule has 0 spiro atoms. The predicted molar refractivity (Wildman–Crippen MR) is 390 cm³/mol. The molecule has 12 heteroatoms. The van der Waals surface area contributed by atoms with Crippen LogP contribution in [0.15, 0.2) is 262 Å². The van der Waals surface area contributed by atoms with Crippen molar-refractivity contribution in [3.8, 4) is 47.4 Å². The molecule has 0 fully saturated rings. The minimum atomic E-state index is 0.0346. The molecule has 4 N–H and O–H groups in total. The summed E-state index contributed by atoms with van der Waals surface area (Å²) in [5.74, 6) is 26.6. The number of benzene rings is 8. The molecule has 13 rings (SSSR count). The summed E-state index contributed by atoms with van der Waals surface area (Å²) in [5, 5.41) is 3.66. The largest absolute Gasteiger partial charge is 0.354 e. The average Bonchev–Trinajstić information content (AvgIpc) is 1.67. The van der Waals surface area contributed by atoms with Gasteiger partial charge in [0.1, 0.15) is 0 Å². The number of hydrogen-bond donors (Lipinski definition) is 4. The third kappa shape index (κ3) is 15.5. The highest BCUT2D eigenvalue weighted by Gasteiger charge is 2.19. The number of fused-ring (bicyclic) bond motifs is 8. The third-order valence-corrected chi connectivity index (χ3v) is 18.6. The molecule has 0 saturated heterocycles. The van der Waals surface area contributed by atoms with E-state index in [-0.39, 0.29) is 20.5 Å². The minimum Gasteiger partial charge on any atom is -0.354 e. The van der Waals surface area contributed by atoms with Crippen molar-refractivity contribution in [1.82, 2.24) is 19.9 Å². The summed E-state index contributed by atoms with van der Waals surface area (Å²) in [6, 6.07) is 81.2. The number of aromatic amines is 4. The average molecular weight is 1310 g/mol. The molecule has 1 aliphatic rings. The molecule has 5 heterocycles. The molecule has 0 amide bonds. The molecule has 1 aliphatic heterocycles. The Bertz CT molecular complexity index is 4860. The van der Waals surface area contributed by atoms with Crippen LogP contribution in [0.3, 0.4) is 0 Å². The molecule has 0 atom stereocenters. The standard InChI is InChI=1S/C84H56N4O4S4/c1-53(89)93-69-37-21-61(22-38-69)9-5-57-13-29-65(30-14-57)81-73-45-47-75(85-73)82(66-31-15-58(16-32-66)6-10-62-23-39-70(40-24-62)94-54(2)90)77-49-51-79(87-77)84(68-35-19-60(20-36-68)8-12-64-27-43-72(44-28-64)96-56(4)92)80-52-50-78(88-80)83(76-48-46-74(81)86-76)67-33-17-59(18-34-67)7-11-63-25-41-71(42-26-63)95-55(3)91/h13-52,85-88H,1-4H3. The molecule has 12 aromatic rings. The fourth-order valence-corrected chi connectivity index (χ4v) is 13.5. The van der Waals surface area contributed by atoms with Gasteiger partial charge in [0.25, 0.3) is 0 Å². The maximum absolute atomic E-state index is 11.7. The van der Waals surface area contributed by atoms with Gasteiger partial charge in [0.2, 0.25) is 0 Å². The monoisotopic (exact) mass is 1310 g/mol. The second-order valence-electron chi connectivity index (χ2n) is 22.4. The van der Waals surface area contributed by atoms with Gasteiger partial charge in [0.15, 0.2) is 20.5 Å². The molecule has 0 unspecified atom stereocenters. The van der Waals surface area contributed by atoms with Crippen LogP contribution in [-0.2, 0) is 19.2 Å². The van der Waals surface area contributed by atoms with E-state index in [1.54, 1.807) is 27.7 Å². The van der Waals surface area contributed by atoms with Crippen molar-refractivity contribution in [2.75, 3.05) is 0 Å². The predicted octanol–water partition coefficient (Wildman–Crippen LogP) is 14.5. The zero-order valence-electron chi connectivity index (χ0n) is 52.4. The number of nitrogens with one attached hydrogen (secondary N) is 4. The Kier molecular flexibility index (Phi) is 19.1. The van der Waals surface area contributed by atoms with Crippen molar-refractivity contribution in [1.29, 1.82) is 0 Å². The van der Waals surface area contributed by atoms with E-state index in [1.165, 1.54) is 47.0 Å². The number of carbonyl (C=O) groups excluding carboxylic acids is 4. The van der Waals surface area contributed by atoms with Gasteiger partial charge in [-0.15, -0.1) is 0 Å². The smallest absolute Gasteiger partial charge is 0.190 e. The number of thioether (sulfide) groups is 4. The lowest BCUT2D eigenvalue weighted by molar-refractivity contribution is -0.109. The molecule has 8 nitrogen and oxygen atoms in total. The number of carbonyl (C=O) groups is 4. The lowest BCUT2D eigenvalue weighted by Gasteiger charge is -2.10. The SMILES string of the molecule is CC(=O)Sc1ccc(C#Cc2ccc(C3=c4ccc([nH]4)=C(c4ccc(C#Cc5ccc(SC(C)=O)cc5)cc4)c4ccc([nH]4)C(c4ccc(C#Cc5ccc(SC(C)=O)cc5)cc4)=c4ccc([nH]4)=C(c4ccc(C#Cc5ccc(SC(C)=O)cc5)cc4)c4ccc3[nH]4)cc2)cc1. The molecule has 460 valence electrons. The van der Waals surface area contributed by atoms with Gasteiger partial charge >= 0.3 is 0 Å². The van der Waals surface area contributed by atoms with Crippen LogP contribution in [0, 0.1) is 47.4 Å². The van der Waals surface area contributed by atoms with E-state index in [0.29, 0.717) is 0 Å². The quantitative estimate of drug-likeness (QED) is 0.0874. The van der Waals surface area contributed by atoms with Gasteiger partial charge in [-0.1, -0.05) is 143 Å². The van der Waals surface area contributed by atoms with Crippen LogP contribution in [0.4, 0.5) is 0 Å². The molecule has 8 bridgehead atoms. The normalized spacial score (nSPS) is 11.5. The van der Waals surface area contributed by atoms with E-state index >= 15 is 0 Å². The fraction of sp³-hybridized carbons (Fsp3) is 0.0476. The highest BCUT2D eigenvalue weighted by molar-refractivity contribution is 8.14. The number of H-pyrrole nitrogens is 4. The van der Waals surface area contributed by atoms with Crippen molar-refractivity contribution in [3.05, 3.63) is 354 Å². The molecule has 96 heavy (non-hydrogen) atoms. The Morgan fingerprint density at radius 1 is 0.219 bits per heavy atom. The first kappa shape index (κ1) is 63.4. The summed E-state index contributed by atoms with van der Waals surface area (Å²) in [6.45, 7) is 6.24. The zero-order chi connectivity index (χ0) is 66.1. The topological polar surface area (TPSA) is 131 Å². The Morgan fingerprint density at radius 3 is 0.552 bits per heavy atom. The third-order valence-electron chi connectivity index (χ3n) is 15.5. The first-order chi connectivity index (χ1) is 46.7. The zero-order valence-corrected chi connectivity index (χ0v) is 55.6. The van der Waals surface area contributed by atoms with Gasteiger partial charge in [-0.05, 0) is 216 Å². The van der Waals surface area contributed by atoms with Crippen molar-refractivity contribution >= 4 is 89.8 Å². The van der Waals surface area contributed by atoms with E-state index in [9.17, 15) is 19.2 Å². The van der Waals surface area contributed by atoms with Crippen molar-refractivity contribution < 1.29 is 19.2 Å². The van der Waals surface area contributed by atoms with Gasteiger partial charge in [0.05, 0.1) is 0 Å². The molecular formula is C84H56N4O4S4. The van der Waals surface area contributed by atoms with E-state index in [1.807, 2.05) is 146 Å². The highest BCUT2D eigenvalue weighted by atomic mass is 32.2. The van der Waals surface area contributed by atoms with E-state index in [4.69, 9.17) is 0 Å². The molecule has 0 aliphatic carbocycles. The second kappa shape index (κ2) is 28.9. The number of rotatable bonds is 8. The maximum Gasteiger partial charge on any atom is 0.190 e. The van der Waals surface area contributed by atoms with Crippen LogP contribution in [0.1, 0.15) is 117 Å². The van der Waals surface area contributed by atoms with E-state index < -0.39 is 0 Å². The van der Waals surface area contributed by atoms with Crippen LogP contribution >= 0.6 is 47.0 Å². The lowest BCUT2D eigenvalue weighted by Crippen LogP contribution is -2.19. The Balaban J connectivity index is 0.964. The van der Waals surface area contributed by atoms with Crippen molar-refractivity contribution in [2.45, 2.75) is 47.3 Å². The summed E-state index contributed by atoms with van der Waals surface area (Å²) in [5.41, 5.74) is 17.9. The molecule has 0 radical (unpaired) electrons. The summed E-state index contributed by atoms with van der Waals surface area (Å²) >= 11 is 4.80. The second-order valence-corrected chi connectivity index (χ2v) is 27.4. The fourth-order valence-electron chi connectivity index (χ4n) is 11.1. The first-order valence-electron chi connectivity index (χ1n) is 30.7. The summed E-state index contributed by atoms with van der Waals surface area (Å²) in [4.78, 5) is 66.2. The Labute approximate surface area is 573 Å². The summed E-state index contributed by atoms with van der Waals surface area (Å²) in [7, 11) is 0. The molecule has 0 saturated carbocycles. The van der Waals surface area contributed by atoms with E-state index in [2.05, 4.69) is 164 Å². The van der Waals surface area contributed by atoms with Gasteiger partial charge in [-0.3, -0.25) is 19.2 Å². The Hall–Kier alpha value is -11.3. The molecule has 4 aromatic heterocycles. The maximum atomic E-state index is 11.7. The van der Waals surface area contributed by atoms with Crippen LogP contribution < -0.4 is 21.4 Å². The first-order valence-corrected chi connectivity index (χ1v) is 33.9.